The fourth-order valence-corrected chi connectivity index (χ4v) is 5.50. The molecular weight excluding hydrogens is 500 g/mol. The highest BCUT2D eigenvalue weighted by atomic mass is 16.4. The summed E-state index contributed by atoms with van der Waals surface area (Å²) in [4.78, 5) is 21.9. The Morgan fingerprint density at radius 3 is 2.42 bits per heavy atom. The summed E-state index contributed by atoms with van der Waals surface area (Å²) in [5.74, 6) is 1.73. The van der Waals surface area contributed by atoms with Gasteiger partial charge in [-0.15, -0.1) is 0 Å². The number of hydrogen-bond donors (Lipinski definition) is 2. The summed E-state index contributed by atoms with van der Waals surface area (Å²) in [5, 5.41) is 7.05. The van der Waals surface area contributed by atoms with Gasteiger partial charge in [0.1, 0.15) is 22.7 Å². The molecule has 1 amide bonds. The van der Waals surface area contributed by atoms with Crippen molar-refractivity contribution in [3.05, 3.63) is 113 Å². The molecule has 7 rings (SSSR count). The molecule has 3 N–H and O–H groups in total. The van der Waals surface area contributed by atoms with Crippen molar-refractivity contribution in [2.24, 2.45) is 0 Å². The van der Waals surface area contributed by atoms with Crippen molar-refractivity contribution in [2.75, 3.05) is 5.73 Å². The maximum absolute atomic E-state index is 13.1. The Morgan fingerprint density at radius 1 is 0.875 bits per heavy atom. The van der Waals surface area contributed by atoms with E-state index in [9.17, 15) is 4.79 Å². The van der Waals surface area contributed by atoms with Gasteiger partial charge in [0.05, 0.1) is 6.20 Å². The summed E-state index contributed by atoms with van der Waals surface area (Å²) in [6.45, 7) is 4.25. The number of fused-ring (bicyclic) bond motifs is 8. The van der Waals surface area contributed by atoms with Gasteiger partial charge in [0, 0.05) is 51.3 Å². The fraction of sp³-hybridized carbons (Fsp3) is 0.121. The van der Waals surface area contributed by atoms with E-state index in [4.69, 9.17) is 14.6 Å². The number of nitrogens with one attached hydrogen (secondary N) is 1. The fourth-order valence-electron chi connectivity index (χ4n) is 5.50. The second-order valence-electron chi connectivity index (χ2n) is 10.2. The van der Waals surface area contributed by atoms with Crippen molar-refractivity contribution < 1.29 is 13.6 Å². The Bertz CT molecular complexity index is 2020. The molecule has 0 saturated heterocycles. The van der Waals surface area contributed by atoms with Gasteiger partial charge in [0.2, 0.25) is 5.89 Å². The van der Waals surface area contributed by atoms with E-state index in [0.717, 1.165) is 66.4 Å². The first-order valence-corrected chi connectivity index (χ1v) is 13.2. The number of furan rings is 2. The number of nitrogen functional groups attached to an aromatic ring is 1. The highest BCUT2D eigenvalue weighted by Crippen LogP contribution is 2.41. The van der Waals surface area contributed by atoms with Crippen LogP contribution < -0.4 is 11.1 Å². The molecule has 40 heavy (non-hydrogen) atoms. The number of benzene rings is 4. The number of aryl methyl sites for hydroxylation is 2. The number of nitrogens with two attached hydrogens (primary N) is 1. The molecule has 0 atom stereocenters. The SMILES string of the molecule is Cc1cc(N)nc(C)c1CNC(=O)c1ccc2c(c1)c1oc2c2ccc(Cc3cnc(-c4ccccc4)o3)cc21. The van der Waals surface area contributed by atoms with Crippen LogP contribution in [-0.2, 0) is 13.0 Å². The van der Waals surface area contributed by atoms with Crippen LogP contribution in [0.2, 0.25) is 0 Å². The normalized spacial score (nSPS) is 11.7. The van der Waals surface area contributed by atoms with E-state index in [2.05, 4.69) is 33.5 Å². The lowest BCUT2D eigenvalue weighted by atomic mass is 9.99. The Labute approximate surface area is 230 Å². The number of carbonyl (C=O) groups excluding carboxylic acids is 1. The molecule has 0 fully saturated rings. The van der Waals surface area contributed by atoms with Crippen LogP contribution in [0.3, 0.4) is 0 Å². The minimum Gasteiger partial charge on any atom is -0.455 e. The molecule has 7 heteroatoms. The number of amides is 1. The highest BCUT2D eigenvalue weighted by molar-refractivity contribution is 6.25. The summed E-state index contributed by atoms with van der Waals surface area (Å²) >= 11 is 0. The third-order valence-electron chi connectivity index (χ3n) is 7.50. The van der Waals surface area contributed by atoms with E-state index >= 15 is 0 Å². The van der Waals surface area contributed by atoms with Gasteiger partial charge in [-0.05, 0) is 73.0 Å². The van der Waals surface area contributed by atoms with Crippen LogP contribution in [0.1, 0.15) is 38.5 Å². The van der Waals surface area contributed by atoms with E-state index in [0.29, 0.717) is 30.2 Å². The lowest BCUT2D eigenvalue weighted by molar-refractivity contribution is 0.0951. The van der Waals surface area contributed by atoms with Crippen LogP contribution >= 0.6 is 0 Å². The van der Waals surface area contributed by atoms with E-state index < -0.39 is 0 Å². The molecule has 4 aromatic heterocycles. The molecule has 0 aliphatic carbocycles. The average molecular weight is 527 g/mol. The summed E-state index contributed by atoms with van der Waals surface area (Å²) in [5.41, 5.74) is 12.9. The second-order valence-corrected chi connectivity index (χ2v) is 10.2. The summed E-state index contributed by atoms with van der Waals surface area (Å²) < 4.78 is 12.3. The lowest BCUT2D eigenvalue weighted by Crippen LogP contribution is -2.24. The van der Waals surface area contributed by atoms with Gasteiger partial charge in [-0.3, -0.25) is 4.79 Å². The molecular formula is C33H26N4O3. The Kier molecular flexibility index (Phi) is 5.52. The zero-order valence-corrected chi connectivity index (χ0v) is 22.1. The maximum Gasteiger partial charge on any atom is 0.251 e. The molecule has 3 aromatic carbocycles. The largest absolute Gasteiger partial charge is 0.455 e. The molecule has 0 aliphatic rings. The number of nitrogens with zero attached hydrogens (tertiary/aromatic N) is 2. The van der Waals surface area contributed by atoms with Gasteiger partial charge < -0.3 is 19.9 Å². The van der Waals surface area contributed by atoms with Gasteiger partial charge in [0.25, 0.3) is 5.91 Å². The number of rotatable bonds is 6. The zero-order valence-electron chi connectivity index (χ0n) is 22.1. The predicted molar refractivity (Wildman–Crippen MR) is 156 cm³/mol. The smallest absolute Gasteiger partial charge is 0.251 e. The molecule has 0 aliphatic heterocycles. The van der Waals surface area contributed by atoms with Crippen molar-refractivity contribution in [3.8, 4) is 11.5 Å². The minimum absolute atomic E-state index is 0.152. The quantitative estimate of drug-likeness (QED) is 0.227. The Morgan fingerprint density at radius 2 is 1.62 bits per heavy atom. The highest BCUT2D eigenvalue weighted by Gasteiger charge is 2.20. The van der Waals surface area contributed by atoms with Crippen molar-refractivity contribution in [3.63, 3.8) is 0 Å². The number of carbonyl (C=O) groups is 1. The Hall–Kier alpha value is -5.17. The number of aromatic nitrogens is 2. The summed E-state index contributed by atoms with van der Waals surface area (Å²) in [6, 6.07) is 23.7. The Balaban J connectivity index is 1.16. The van der Waals surface area contributed by atoms with Gasteiger partial charge in [-0.2, -0.15) is 0 Å². The van der Waals surface area contributed by atoms with E-state index in [1.54, 1.807) is 6.20 Å². The van der Waals surface area contributed by atoms with Crippen molar-refractivity contribution in [2.45, 2.75) is 26.8 Å². The van der Waals surface area contributed by atoms with Crippen LogP contribution in [0, 0.1) is 13.8 Å². The molecule has 7 nitrogen and oxygen atoms in total. The third-order valence-corrected chi connectivity index (χ3v) is 7.50. The van der Waals surface area contributed by atoms with Crippen LogP contribution in [0.15, 0.2) is 87.8 Å². The first-order chi connectivity index (χ1) is 19.4. The van der Waals surface area contributed by atoms with Crippen LogP contribution in [0.5, 0.6) is 0 Å². The van der Waals surface area contributed by atoms with Crippen LogP contribution in [0.25, 0.3) is 44.2 Å². The van der Waals surface area contributed by atoms with Crippen LogP contribution in [0.4, 0.5) is 5.82 Å². The molecule has 0 unspecified atom stereocenters. The maximum atomic E-state index is 13.1. The summed E-state index contributed by atoms with van der Waals surface area (Å²) in [7, 11) is 0. The zero-order chi connectivity index (χ0) is 27.4. The first-order valence-electron chi connectivity index (χ1n) is 13.2. The van der Waals surface area contributed by atoms with E-state index in [-0.39, 0.29) is 5.91 Å². The number of anilines is 1. The molecule has 0 spiro atoms. The second kappa shape index (κ2) is 9.24. The standard InChI is InChI=1S/C33H26N4O3/c1-18-12-29(34)37-19(2)28(18)17-35-32(38)22-9-11-25-27(15-22)31-26-14-20(8-10-24(26)30(25)40-31)13-23-16-36-33(39-23)21-6-4-3-5-7-21/h3-12,14-16H,13,17H2,1-2H3,(H2,34,37)(H,35,38). The summed E-state index contributed by atoms with van der Waals surface area (Å²) in [6.07, 6.45) is 2.40. The number of pyridine rings is 1. The van der Waals surface area contributed by atoms with Crippen molar-refractivity contribution in [1.82, 2.24) is 15.3 Å². The van der Waals surface area contributed by atoms with Gasteiger partial charge in [-0.1, -0.05) is 30.3 Å². The first kappa shape index (κ1) is 23.9. The lowest BCUT2D eigenvalue weighted by Gasteiger charge is -2.11. The molecule has 2 bridgehead atoms. The molecule has 4 heterocycles. The molecule has 0 radical (unpaired) electrons. The topological polar surface area (TPSA) is 107 Å². The monoisotopic (exact) mass is 526 g/mol. The minimum atomic E-state index is -0.152. The average Bonchev–Trinajstić information content (AvgIpc) is 3.67. The van der Waals surface area contributed by atoms with Gasteiger partial charge in [-0.25, -0.2) is 9.97 Å². The van der Waals surface area contributed by atoms with Crippen molar-refractivity contribution >= 4 is 44.4 Å². The predicted octanol–water partition coefficient (Wildman–Crippen LogP) is 6.95. The van der Waals surface area contributed by atoms with E-state index in [1.807, 2.05) is 68.4 Å². The van der Waals surface area contributed by atoms with Crippen molar-refractivity contribution in [1.29, 1.82) is 0 Å². The van der Waals surface area contributed by atoms with E-state index in [1.165, 1.54) is 0 Å². The number of oxazole rings is 1. The molecule has 0 saturated carbocycles. The van der Waals surface area contributed by atoms with Gasteiger partial charge in [0.15, 0.2) is 0 Å². The number of hydrogen-bond acceptors (Lipinski definition) is 6. The third kappa shape index (κ3) is 4.03. The van der Waals surface area contributed by atoms with Crippen LogP contribution in [-0.4, -0.2) is 15.9 Å². The van der Waals surface area contributed by atoms with Gasteiger partial charge >= 0.3 is 0 Å². The molecule has 196 valence electrons. The molecule has 7 aromatic rings.